The second-order valence-corrected chi connectivity index (χ2v) is 19.0. The van der Waals surface area contributed by atoms with Crippen molar-refractivity contribution in [1.82, 2.24) is 4.57 Å². The highest BCUT2D eigenvalue weighted by Crippen LogP contribution is 2.62. The van der Waals surface area contributed by atoms with Gasteiger partial charge in [0.05, 0.1) is 27.8 Å². The third kappa shape index (κ3) is 4.69. The smallest absolute Gasteiger partial charge is 0.0726 e. The lowest BCUT2D eigenvalue weighted by Crippen LogP contribution is -2.32. The van der Waals surface area contributed by atoms with Gasteiger partial charge in [0.2, 0.25) is 0 Å². The van der Waals surface area contributed by atoms with Crippen LogP contribution in [0.25, 0.3) is 91.5 Å². The van der Waals surface area contributed by atoms with Gasteiger partial charge in [-0.25, -0.2) is 0 Å². The van der Waals surface area contributed by atoms with E-state index in [1.54, 1.807) is 0 Å². The van der Waals surface area contributed by atoms with Crippen LogP contribution in [0.1, 0.15) is 22.3 Å². The number of thiophene rings is 1. The van der Waals surface area contributed by atoms with E-state index in [1.807, 2.05) is 11.3 Å². The zero-order chi connectivity index (χ0) is 43.1. The van der Waals surface area contributed by atoms with E-state index in [-0.39, 0.29) is 0 Å². The third-order valence-electron chi connectivity index (χ3n) is 14.8. The summed E-state index contributed by atoms with van der Waals surface area (Å²) in [5.41, 5.74) is 16.9. The van der Waals surface area contributed by atoms with Crippen molar-refractivity contribution in [3.8, 4) is 27.9 Å². The number of fused-ring (bicyclic) bond motifs is 16. The summed E-state index contributed by atoms with van der Waals surface area (Å²) in [5, 5.41) is 10.1. The minimum atomic E-state index is -0.533. The molecule has 0 bridgehead atoms. The highest BCUT2D eigenvalue weighted by molar-refractivity contribution is 7.25. The summed E-state index contributed by atoms with van der Waals surface area (Å²) in [6, 6.07) is 86.6. The Morgan fingerprint density at radius 2 is 0.924 bits per heavy atom. The minimum Gasteiger partial charge on any atom is -0.310 e. The van der Waals surface area contributed by atoms with Crippen LogP contribution in [0, 0.1) is 0 Å². The summed E-state index contributed by atoms with van der Waals surface area (Å²) in [6.07, 6.45) is 0. The van der Waals surface area contributed by atoms with E-state index in [2.05, 4.69) is 240 Å². The molecule has 3 heteroatoms. The Balaban J connectivity index is 1.04. The SMILES string of the molecule is c1ccc2c(c1)-c1ccc(N(c3ccc4c5ccccc5n(-c5cccc6sc7ccccc7c56)c4c3)c3cccc4ccccc34)cc1C21c2ccccc2-c2cccc3cccc1c23. The molecule has 2 aromatic heterocycles. The molecule has 306 valence electrons. The molecule has 1 unspecified atom stereocenters. The first-order chi connectivity index (χ1) is 32.8. The average Bonchev–Trinajstić information content (AvgIpc) is 4.02. The van der Waals surface area contributed by atoms with Crippen molar-refractivity contribution < 1.29 is 0 Å². The normalized spacial score (nSPS) is 14.7. The lowest BCUT2D eigenvalue weighted by Gasteiger charge is -2.40. The standard InChI is InChI=1S/C63H38N2S/c1-2-19-43-39(15-1)16-13-29-55(43)64(42-34-36-48-47-22-5-9-28-56(47)65(58(48)38-42)57-30-14-32-60-62(57)50-23-6-10-31-59(50)66-60)41-33-35-46-44-20-3-7-25-51(44)63(54(46)37-41)52-26-8-4-21-45(52)49-24-11-17-40-18-12-27-53(63)61(40)49/h1-38H. The van der Waals surface area contributed by atoms with Crippen molar-refractivity contribution in [3.05, 3.63) is 253 Å². The number of hydrogen-bond donors (Lipinski definition) is 0. The zero-order valence-corrected chi connectivity index (χ0v) is 36.6. The predicted octanol–water partition coefficient (Wildman–Crippen LogP) is 17.3. The first-order valence-corrected chi connectivity index (χ1v) is 23.7. The Morgan fingerprint density at radius 3 is 1.80 bits per heavy atom. The van der Waals surface area contributed by atoms with Crippen LogP contribution in [-0.2, 0) is 5.41 Å². The molecule has 0 saturated heterocycles. The van der Waals surface area contributed by atoms with Crippen LogP contribution in [0.3, 0.4) is 0 Å². The molecule has 13 aromatic rings. The molecule has 2 aliphatic carbocycles. The van der Waals surface area contributed by atoms with E-state index in [9.17, 15) is 0 Å². The number of rotatable bonds is 4. The van der Waals surface area contributed by atoms with Crippen molar-refractivity contribution in [2.45, 2.75) is 5.41 Å². The van der Waals surface area contributed by atoms with Gasteiger partial charge in [0, 0.05) is 47.7 Å². The molecular weight excluding hydrogens is 817 g/mol. The van der Waals surface area contributed by atoms with E-state index >= 15 is 0 Å². The lowest BCUT2D eigenvalue weighted by molar-refractivity contribution is 0.773. The van der Waals surface area contributed by atoms with E-state index in [0.717, 1.165) is 17.1 Å². The van der Waals surface area contributed by atoms with Crippen LogP contribution in [0.5, 0.6) is 0 Å². The molecule has 66 heavy (non-hydrogen) atoms. The van der Waals surface area contributed by atoms with Gasteiger partial charge in [-0.05, 0) is 115 Å². The topological polar surface area (TPSA) is 8.17 Å². The van der Waals surface area contributed by atoms with Gasteiger partial charge in [-0.3, -0.25) is 0 Å². The van der Waals surface area contributed by atoms with Crippen molar-refractivity contribution in [2.75, 3.05) is 4.90 Å². The van der Waals surface area contributed by atoms with Gasteiger partial charge in [-0.1, -0.05) is 176 Å². The van der Waals surface area contributed by atoms with E-state index < -0.39 is 5.41 Å². The summed E-state index contributed by atoms with van der Waals surface area (Å²) < 4.78 is 5.12. The van der Waals surface area contributed by atoms with Crippen molar-refractivity contribution in [2.24, 2.45) is 0 Å². The molecule has 1 spiro atoms. The van der Waals surface area contributed by atoms with Crippen molar-refractivity contribution in [1.29, 1.82) is 0 Å². The Kier molecular flexibility index (Phi) is 7.34. The Labute approximate surface area is 385 Å². The fourth-order valence-electron chi connectivity index (χ4n) is 12.2. The fourth-order valence-corrected chi connectivity index (χ4v) is 13.3. The van der Waals surface area contributed by atoms with E-state index in [0.29, 0.717) is 0 Å². The van der Waals surface area contributed by atoms with Gasteiger partial charge >= 0.3 is 0 Å². The maximum Gasteiger partial charge on any atom is 0.0726 e. The highest BCUT2D eigenvalue weighted by Gasteiger charge is 2.50. The molecule has 1 atom stereocenters. The summed E-state index contributed by atoms with van der Waals surface area (Å²) in [6.45, 7) is 0. The lowest BCUT2D eigenvalue weighted by atomic mass is 9.61. The van der Waals surface area contributed by atoms with Gasteiger partial charge in [0.1, 0.15) is 0 Å². The second-order valence-electron chi connectivity index (χ2n) is 17.9. The van der Waals surface area contributed by atoms with Crippen LogP contribution < -0.4 is 4.90 Å². The van der Waals surface area contributed by atoms with Crippen molar-refractivity contribution >= 4 is 91.9 Å². The molecule has 2 heterocycles. The van der Waals surface area contributed by atoms with E-state index in [1.165, 1.54) is 114 Å². The number of para-hydroxylation sites is 1. The van der Waals surface area contributed by atoms with E-state index in [4.69, 9.17) is 0 Å². The molecular formula is C63H38N2S. The van der Waals surface area contributed by atoms with Crippen LogP contribution in [-0.4, -0.2) is 4.57 Å². The average molecular weight is 855 g/mol. The van der Waals surface area contributed by atoms with Crippen LogP contribution in [0.2, 0.25) is 0 Å². The summed E-state index contributed by atoms with van der Waals surface area (Å²) in [4.78, 5) is 2.52. The summed E-state index contributed by atoms with van der Waals surface area (Å²) in [5.74, 6) is 0. The van der Waals surface area contributed by atoms with Gasteiger partial charge in [-0.15, -0.1) is 11.3 Å². The van der Waals surface area contributed by atoms with Gasteiger partial charge in [0.15, 0.2) is 0 Å². The quantitative estimate of drug-likeness (QED) is 0.171. The first-order valence-electron chi connectivity index (χ1n) is 22.8. The molecule has 15 rings (SSSR count). The number of anilines is 3. The summed E-state index contributed by atoms with van der Waals surface area (Å²) >= 11 is 1.87. The molecule has 0 N–H and O–H groups in total. The van der Waals surface area contributed by atoms with Gasteiger partial charge < -0.3 is 9.47 Å². The minimum absolute atomic E-state index is 0.533. The fraction of sp³-hybridized carbons (Fsp3) is 0.0159. The number of nitrogens with zero attached hydrogens (tertiary/aromatic N) is 2. The zero-order valence-electron chi connectivity index (χ0n) is 35.7. The molecule has 2 aliphatic rings. The molecule has 0 radical (unpaired) electrons. The summed E-state index contributed by atoms with van der Waals surface area (Å²) in [7, 11) is 0. The monoisotopic (exact) mass is 854 g/mol. The second kappa shape index (κ2) is 13.4. The molecule has 2 nitrogen and oxygen atoms in total. The molecule has 0 fully saturated rings. The number of benzene rings is 11. The third-order valence-corrected chi connectivity index (χ3v) is 15.9. The number of aromatic nitrogens is 1. The molecule has 11 aromatic carbocycles. The largest absolute Gasteiger partial charge is 0.310 e. The highest BCUT2D eigenvalue weighted by atomic mass is 32.1. The Bertz CT molecular complexity index is 4200. The molecule has 0 saturated carbocycles. The maximum atomic E-state index is 2.53. The Morgan fingerprint density at radius 1 is 0.348 bits per heavy atom. The molecule has 0 amide bonds. The van der Waals surface area contributed by atoms with Gasteiger partial charge in [-0.2, -0.15) is 0 Å². The van der Waals surface area contributed by atoms with Crippen LogP contribution in [0.4, 0.5) is 17.1 Å². The maximum absolute atomic E-state index is 2.53. The molecule has 0 aliphatic heterocycles. The first kappa shape index (κ1) is 36.1. The number of hydrogen-bond acceptors (Lipinski definition) is 2. The van der Waals surface area contributed by atoms with Crippen LogP contribution in [0.15, 0.2) is 231 Å². The Hall–Kier alpha value is -8.24. The predicted molar refractivity (Wildman–Crippen MR) is 280 cm³/mol. The van der Waals surface area contributed by atoms with Crippen LogP contribution >= 0.6 is 11.3 Å². The van der Waals surface area contributed by atoms with Crippen molar-refractivity contribution in [3.63, 3.8) is 0 Å². The van der Waals surface area contributed by atoms with Gasteiger partial charge in [0.25, 0.3) is 0 Å².